The molecule has 0 aromatic carbocycles. The van der Waals surface area contributed by atoms with Gasteiger partial charge in [-0.3, -0.25) is 10.1 Å². The van der Waals surface area contributed by atoms with Gasteiger partial charge in [0, 0.05) is 6.61 Å². The fraction of sp³-hybridized carbons (Fsp3) is 0.778. The van der Waals surface area contributed by atoms with E-state index in [-0.39, 0.29) is 30.8 Å². The van der Waals surface area contributed by atoms with E-state index in [1.165, 1.54) is 11.8 Å². The van der Waals surface area contributed by atoms with Gasteiger partial charge in [0.15, 0.2) is 0 Å². The average Bonchev–Trinajstić information content (AvgIpc) is 2.17. The molecule has 15 heavy (non-hydrogen) atoms. The summed E-state index contributed by atoms with van der Waals surface area (Å²) in [6, 6.07) is 0. The van der Waals surface area contributed by atoms with Crippen molar-refractivity contribution in [1.29, 1.82) is 0 Å². The van der Waals surface area contributed by atoms with Crippen molar-refractivity contribution in [2.24, 2.45) is 5.92 Å². The number of hydrogen-bond donors (Lipinski definition) is 2. The Balaban J connectivity index is 3.53. The number of carbonyl (C=O) groups excluding carboxylic acids is 2. The van der Waals surface area contributed by atoms with Crippen LogP contribution in [0.2, 0.25) is 0 Å². The molecule has 0 spiro atoms. The lowest BCUT2D eigenvalue weighted by Crippen LogP contribution is -2.32. The summed E-state index contributed by atoms with van der Waals surface area (Å²) in [5.41, 5.74) is 0. The third-order valence-electron chi connectivity index (χ3n) is 1.46. The van der Waals surface area contributed by atoms with Gasteiger partial charge in [0.1, 0.15) is 0 Å². The molecule has 0 aromatic rings. The van der Waals surface area contributed by atoms with E-state index in [0.29, 0.717) is 5.75 Å². The molecule has 0 aromatic heterocycles. The van der Waals surface area contributed by atoms with Crippen LogP contribution in [0, 0.1) is 5.92 Å². The highest BCUT2D eigenvalue weighted by molar-refractivity contribution is 7.99. The van der Waals surface area contributed by atoms with Crippen LogP contribution < -0.4 is 5.32 Å². The standard InChI is InChI=1S/C9H17NO4S/c1-3-14-9(13)10-8(12)6-15-5-7(2)4-11/h7,11H,3-6H2,1-2H3,(H,10,12,13). The molecule has 0 aliphatic heterocycles. The van der Waals surface area contributed by atoms with Crippen LogP contribution in [0.5, 0.6) is 0 Å². The van der Waals surface area contributed by atoms with Crippen LogP contribution in [-0.2, 0) is 9.53 Å². The molecular formula is C9H17NO4S. The minimum absolute atomic E-state index is 0.104. The van der Waals surface area contributed by atoms with Gasteiger partial charge in [-0.15, -0.1) is 0 Å². The number of aliphatic hydroxyl groups excluding tert-OH is 1. The fourth-order valence-electron chi connectivity index (χ4n) is 0.723. The Morgan fingerprint density at radius 3 is 2.73 bits per heavy atom. The van der Waals surface area contributed by atoms with Gasteiger partial charge in [-0.2, -0.15) is 11.8 Å². The summed E-state index contributed by atoms with van der Waals surface area (Å²) in [5, 5.41) is 10.8. The maximum absolute atomic E-state index is 11.1. The molecular weight excluding hydrogens is 218 g/mol. The van der Waals surface area contributed by atoms with Gasteiger partial charge >= 0.3 is 6.09 Å². The van der Waals surface area contributed by atoms with Crippen molar-refractivity contribution >= 4 is 23.8 Å². The molecule has 0 saturated carbocycles. The van der Waals surface area contributed by atoms with Crippen molar-refractivity contribution in [3.05, 3.63) is 0 Å². The van der Waals surface area contributed by atoms with Crippen molar-refractivity contribution in [3.63, 3.8) is 0 Å². The molecule has 0 radical (unpaired) electrons. The number of alkyl carbamates (subject to hydrolysis) is 1. The number of nitrogens with one attached hydrogen (secondary N) is 1. The highest BCUT2D eigenvalue weighted by Gasteiger charge is 2.08. The summed E-state index contributed by atoms with van der Waals surface area (Å²) < 4.78 is 4.54. The van der Waals surface area contributed by atoms with Gasteiger partial charge < -0.3 is 9.84 Å². The number of ether oxygens (including phenoxy) is 1. The summed E-state index contributed by atoms with van der Waals surface area (Å²) in [6.07, 6.45) is -0.710. The largest absolute Gasteiger partial charge is 0.450 e. The van der Waals surface area contributed by atoms with E-state index in [1.807, 2.05) is 6.92 Å². The average molecular weight is 235 g/mol. The van der Waals surface area contributed by atoms with Crippen molar-refractivity contribution in [2.75, 3.05) is 24.7 Å². The number of amides is 2. The van der Waals surface area contributed by atoms with Crippen LogP contribution in [0.4, 0.5) is 4.79 Å². The molecule has 2 N–H and O–H groups in total. The lowest BCUT2D eigenvalue weighted by Gasteiger charge is -2.07. The first kappa shape index (κ1) is 14.2. The Bertz CT molecular complexity index is 210. The summed E-state index contributed by atoms with van der Waals surface area (Å²) in [7, 11) is 0. The van der Waals surface area contributed by atoms with E-state index >= 15 is 0 Å². The van der Waals surface area contributed by atoms with Crippen LogP contribution >= 0.6 is 11.8 Å². The van der Waals surface area contributed by atoms with Crippen LogP contribution in [0.3, 0.4) is 0 Å². The monoisotopic (exact) mass is 235 g/mol. The zero-order valence-electron chi connectivity index (χ0n) is 8.99. The number of hydrogen-bond acceptors (Lipinski definition) is 5. The number of aliphatic hydroxyl groups is 1. The van der Waals surface area contributed by atoms with Crippen molar-refractivity contribution in [2.45, 2.75) is 13.8 Å². The Labute approximate surface area is 93.6 Å². The molecule has 88 valence electrons. The van der Waals surface area contributed by atoms with Crippen LogP contribution in [0.15, 0.2) is 0 Å². The smallest absolute Gasteiger partial charge is 0.413 e. The van der Waals surface area contributed by atoms with Gasteiger partial charge in [-0.25, -0.2) is 4.79 Å². The Morgan fingerprint density at radius 1 is 1.53 bits per heavy atom. The van der Waals surface area contributed by atoms with Gasteiger partial charge in [0.2, 0.25) is 5.91 Å². The first-order valence-corrected chi connectivity index (χ1v) is 5.90. The van der Waals surface area contributed by atoms with E-state index in [2.05, 4.69) is 10.1 Å². The van der Waals surface area contributed by atoms with E-state index in [4.69, 9.17) is 5.11 Å². The molecule has 0 fully saturated rings. The fourth-order valence-corrected chi connectivity index (χ4v) is 1.61. The lowest BCUT2D eigenvalue weighted by molar-refractivity contribution is -0.117. The maximum atomic E-state index is 11.1. The molecule has 1 unspecified atom stereocenters. The lowest BCUT2D eigenvalue weighted by atomic mass is 10.2. The second kappa shape index (κ2) is 8.55. The van der Waals surface area contributed by atoms with Crippen LogP contribution in [0.25, 0.3) is 0 Å². The molecule has 2 amide bonds. The zero-order chi connectivity index (χ0) is 11.7. The molecule has 0 saturated heterocycles. The number of carbonyl (C=O) groups is 2. The maximum Gasteiger partial charge on any atom is 0.413 e. The molecule has 1 atom stereocenters. The van der Waals surface area contributed by atoms with Gasteiger partial charge in [0.05, 0.1) is 12.4 Å². The topological polar surface area (TPSA) is 75.6 Å². The number of imide groups is 1. The van der Waals surface area contributed by atoms with Gasteiger partial charge in [-0.1, -0.05) is 6.92 Å². The summed E-state index contributed by atoms with van der Waals surface area (Å²) in [5.74, 6) is 0.671. The number of thioether (sulfide) groups is 1. The predicted octanol–water partition coefficient (Wildman–Crippen LogP) is 0.621. The third-order valence-corrected chi connectivity index (χ3v) is 2.74. The first-order chi connectivity index (χ1) is 7.10. The van der Waals surface area contributed by atoms with Gasteiger partial charge in [0.25, 0.3) is 0 Å². The predicted molar refractivity (Wildman–Crippen MR) is 58.7 cm³/mol. The summed E-state index contributed by atoms with van der Waals surface area (Å²) in [4.78, 5) is 21.9. The van der Waals surface area contributed by atoms with Crippen molar-refractivity contribution in [3.8, 4) is 0 Å². The molecule has 0 aliphatic carbocycles. The summed E-state index contributed by atoms with van der Waals surface area (Å²) >= 11 is 1.37. The second-order valence-corrected chi connectivity index (χ2v) is 4.10. The molecule has 0 aliphatic rings. The minimum atomic E-state index is -0.710. The molecule has 0 bridgehead atoms. The van der Waals surface area contributed by atoms with E-state index in [0.717, 1.165) is 0 Å². The summed E-state index contributed by atoms with van der Waals surface area (Å²) in [6.45, 7) is 3.90. The Morgan fingerprint density at radius 2 is 2.20 bits per heavy atom. The molecule has 0 heterocycles. The van der Waals surface area contributed by atoms with E-state index in [1.54, 1.807) is 6.92 Å². The number of rotatable bonds is 6. The SMILES string of the molecule is CCOC(=O)NC(=O)CSCC(C)CO. The molecule has 5 nitrogen and oxygen atoms in total. The van der Waals surface area contributed by atoms with E-state index < -0.39 is 6.09 Å². The second-order valence-electron chi connectivity index (χ2n) is 3.07. The van der Waals surface area contributed by atoms with Crippen LogP contribution in [-0.4, -0.2) is 41.8 Å². The minimum Gasteiger partial charge on any atom is -0.450 e. The third kappa shape index (κ3) is 8.26. The molecule has 6 heteroatoms. The highest BCUT2D eigenvalue weighted by Crippen LogP contribution is 2.06. The van der Waals surface area contributed by atoms with E-state index in [9.17, 15) is 9.59 Å². The Hall–Kier alpha value is -0.750. The zero-order valence-corrected chi connectivity index (χ0v) is 9.80. The van der Waals surface area contributed by atoms with Crippen LogP contribution in [0.1, 0.15) is 13.8 Å². The van der Waals surface area contributed by atoms with Crippen molar-refractivity contribution in [1.82, 2.24) is 5.32 Å². The highest BCUT2D eigenvalue weighted by atomic mass is 32.2. The first-order valence-electron chi connectivity index (χ1n) is 4.75. The van der Waals surface area contributed by atoms with Gasteiger partial charge in [-0.05, 0) is 18.6 Å². The Kier molecular flexibility index (Phi) is 8.12. The molecule has 0 rings (SSSR count). The quantitative estimate of drug-likeness (QED) is 0.706. The normalized spacial score (nSPS) is 11.9. The van der Waals surface area contributed by atoms with Crippen molar-refractivity contribution < 1.29 is 19.4 Å².